The second-order valence-electron chi connectivity index (χ2n) is 6.99. The summed E-state index contributed by atoms with van der Waals surface area (Å²) >= 11 is 1.71. The highest BCUT2D eigenvalue weighted by atomic mass is 32.1. The molecule has 1 aliphatic heterocycles. The summed E-state index contributed by atoms with van der Waals surface area (Å²) in [5.74, 6) is 0. The van der Waals surface area contributed by atoms with Gasteiger partial charge in [0.25, 0.3) is 0 Å². The summed E-state index contributed by atoms with van der Waals surface area (Å²) in [6.45, 7) is 2.69. The molecular weight excluding hydrogens is 370 g/mol. The average molecular weight is 392 g/mol. The summed E-state index contributed by atoms with van der Waals surface area (Å²) in [6, 6.07) is 8.52. The number of aromatic nitrogens is 5. The standard InChI is InChI=1S/C20H21N7S/c1-3-15(11-21-7-1)12-23-16-5-6-18-20(24-25-27(18)13-16)17-4-2-9-26(17)14-19-22-8-10-28-19/h1,3,5-8,10-11,13,17,23H,2,4,9,12,14H2/t17-/m1/s1. The Kier molecular flexibility index (Phi) is 4.72. The predicted molar refractivity (Wildman–Crippen MR) is 109 cm³/mol. The van der Waals surface area contributed by atoms with Crippen LogP contribution in [0.1, 0.15) is 35.1 Å². The Morgan fingerprint density at radius 3 is 3.07 bits per heavy atom. The van der Waals surface area contributed by atoms with Crippen molar-refractivity contribution in [2.75, 3.05) is 11.9 Å². The monoisotopic (exact) mass is 391 g/mol. The molecule has 1 atom stereocenters. The highest BCUT2D eigenvalue weighted by Crippen LogP contribution is 2.34. The van der Waals surface area contributed by atoms with Crippen LogP contribution in [0.2, 0.25) is 0 Å². The summed E-state index contributed by atoms with van der Waals surface area (Å²) < 4.78 is 1.88. The van der Waals surface area contributed by atoms with Crippen LogP contribution in [-0.2, 0) is 13.1 Å². The predicted octanol–water partition coefficient (Wildman–Crippen LogP) is 3.53. The lowest BCUT2D eigenvalue weighted by Crippen LogP contribution is -2.23. The number of fused-ring (bicyclic) bond motifs is 1. The molecular formula is C20H21N7S. The molecule has 0 aliphatic carbocycles. The van der Waals surface area contributed by atoms with E-state index in [1.54, 1.807) is 17.5 Å². The molecule has 7 nitrogen and oxygen atoms in total. The zero-order valence-electron chi connectivity index (χ0n) is 15.4. The van der Waals surface area contributed by atoms with Crippen LogP contribution in [-0.4, -0.2) is 36.2 Å². The topological polar surface area (TPSA) is 71.2 Å². The molecule has 1 aliphatic rings. The number of hydrogen-bond acceptors (Lipinski definition) is 7. The summed E-state index contributed by atoms with van der Waals surface area (Å²) in [7, 11) is 0. The molecule has 4 aromatic heterocycles. The molecule has 0 amide bonds. The molecule has 0 bridgehead atoms. The van der Waals surface area contributed by atoms with Crippen molar-refractivity contribution in [3.63, 3.8) is 0 Å². The SMILES string of the molecule is c1cncc(CNc2ccc3c([C@H]4CCCN4Cc4nccs4)nnn3c2)c1. The van der Waals surface area contributed by atoms with Crippen molar-refractivity contribution in [3.05, 3.63) is 70.7 Å². The van der Waals surface area contributed by atoms with E-state index in [4.69, 9.17) is 0 Å². The zero-order valence-corrected chi connectivity index (χ0v) is 16.2. The lowest BCUT2D eigenvalue weighted by atomic mass is 10.1. The smallest absolute Gasteiger partial charge is 0.108 e. The third-order valence-corrected chi connectivity index (χ3v) is 5.93. The lowest BCUT2D eigenvalue weighted by molar-refractivity contribution is 0.245. The normalized spacial score (nSPS) is 17.4. The fourth-order valence-electron chi connectivity index (χ4n) is 3.79. The third-order valence-electron chi connectivity index (χ3n) is 5.16. The van der Waals surface area contributed by atoms with Crippen LogP contribution in [0.3, 0.4) is 0 Å². The Labute approximate surface area is 167 Å². The van der Waals surface area contributed by atoms with E-state index in [1.807, 2.05) is 34.6 Å². The van der Waals surface area contributed by atoms with Gasteiger partial charge in [-0.3, -0.25) is 9.88 Å². The molecule has 0 aromatic carbocycles. The molecule has 0 unspecified atom stereocenters. The first-order valence-corrected chi connectivity index (χ1v) is 10.3. The van der Waals surface area contributed by atoms with Crippen molar-refractivity contribution in [3.8, 4) is 0 Å². The minimum atomic E-state index is 0.301. The summed E-state index contributed by atoms with van der Waals surface area (Å²) in [5.41, 5.74) is 4.29. The lowest BCUT2D eigenvalue weighted by Gasteiger charge is -2.21. The van der Waals surface area contributed by atoms with Gasteiger partial charge in [0.05, 0.1) is 30.0 Å². The number of thiazole rings is 1. The second kappa shape index (κ2) is 7.65. The van der Waals surface area contributed by atoms with Gasteiger partial charge in [-0.25, -0.2) is 9.50 Å². The largest absolute Gasteiger partial charge is 0.380 e. The van der Waals surface area contributed by atoms with Gasteiger partial charge in [0.1, 0.15) is 10.7 Å². The van der Waals surface area contributed by atoms with Crippen molar-refractivity contribution in [2.24, 2.45) is 0 Å². The van der Waals surface area contributed by atoms with Crippen molar-refractivity contribution >= 4 is 22.5 Å². The highest BCUT2D eigenvalue weighted by Gasteiger charge is 2.30. The van der Waals surface area contributed by atoms with Crippen LogP contribution in [0.4, 0.5) is 5.69 Å². The van der Waals surface area contributed by atoms with Gasteiger partial charge in [-0.05, 0) is 43.1 Å². The fourth-order valence-corrected chi connectivity index (χ4v) is 4.43. The van der Waals surface area contributed by atoms with E-state index in [-0.39, 0.29) is 0 Å². The third kappa shape index (κ3) is 3.48. The van der Waals surface area contributed by atoms with Crippen LogP contribution < -0.4 is 5.32 Å². The number of anilines is 1. The molecule has 0 radical (unpaired) electrons. The average Bonchev–Trinajstić information content (AvgIpc) is 3.48. The first-order chi connectivity index (χ1) is 13.9. The van der Waals surface area contributed by atoms with E-state index < -0.39 is 0 Å². The summed E-state index contributed by atoms with van der Waals surface area (Å²) in [5, 5.41) is 15.5. The number of nitrogens with one attached hydrogen (secondary N) is 1. The maximum atomic E-state index is 4.53. The summed E-state index contributed by atoms with van der Waals surface area (Å²) in [6.07, 6.45) is 9.82. The number of likely N-dealkylation sites (tertiary alicyclic amines) is 1. The van der Waals surface area contributed by atoms with Gasteiger partial charge >= 0.3 is 0 Å². The van der Waals surface area contributed by atoms with Gasteiger partial charge in [0.2, 0.25) is 0 Å². The zero-order chi connectivity index (χ0) is 18.8. The van der Waals surface area contributed by atoms with Crippen molar-refractivity contribution in [1.29, 1.82) is 0 Å². The van der Waals surface area contributed by atoms with Gasteiger partial charge in [-0.2, -0.15) is 0 Å². The molecule has 4 aromatic rings. The first-order valence-electron chi connectivity index (χ1n) is 9.47. The van der Waals surface area contributed by atoms with Crippen LogP contribution in [0.15, 0.2) is 54.4 Å². The number of rotatable bonds is 6. The van der Waals surface area contributed by atoms with Gasteiger partial charge in [-0.15, -0.1) is 16.4 Å². The molecule has 1 N–H and O–H groups in total. The fraction of sp³-hybridized carbons (Fsp3) is 0.300. The Hall–Kier alpha value is -2.84. The first kappa shape index (κ1) is 17.3. The highest BCUT2D eigenvalue weighted by molar-refractivity contribution is 7.09. The van der Waals surface area contributed by atoms with Gasteiger partial charge in [0, 0.05) is 30.5 Å². The molecule has 142 valence electrons. The van der Waals surface area contributed by atoms with E-state index in [0.29, 0.717) is 6.04 Å². The molecule has 1 fully saturated rings. The molecule has 5 rings (SSSR count). The van der Waals surface area contributed by atoms with Gasteiger partial charge in [-0.1, -0.05) is 11.3 Å². The Balaban J connectivity index is 1.34. The number of nitrogens with zero attached hydrogens (tertiary/aromatic N) is 6. The quantitative estimate of drug-likeness (QED) is 0.542. The maximum Gasteiger partial charge on any atom is 0.108 e. The molecule has 28 heavy (non-hydrogen) atoms. The molecule has 8 heteroatoms. The van der Waals surface area contributed by atoms with Crippen molar-refractivity contribution in [1.82, 2.24) is 29.7 Å². The van der Waals surface area contributed by atoms with Crippen molar-refractivity contribution in [2.45, 2.75) is 32.0 Å². The molecule has 5 heterocycles. The maximum absolute atomic E-state index is 4.53. The minimum absolute atomic E-state index is 0.301. The van der Waals surface area contributed by atoms with E-state index in [1.165, 1.54) is 6.42 Å². The van der Waals surface area contributed by atoms with Crippen LogP contribution in [0.25, 0.3) is 5.52 Å². The van der Waals surface area contributed by atoms with Crippen LogP contribution in [0, 0.1) is 0 Å². The second-order valence-corrected chi connectivity index (χ2v) is 7.97. The van der Waals surface area contributed by atoms with E-state index in [2.05, 4.69) is 48.7 Å². The van der Waals surface area contributed by atoms with E-state index >= 15 is 0 Å². The Morgan fingerprint density at radius 2 is 2.21 bits per heavy atom. The minimum Gasteiger partial charge on any atom is -0.380 e. The molecule has 1 saturated heterocycles. The van der Waals surface area contributed by atoms with Crippen LogP contribution in [0.5, 0.6) is 0 Å². The van der Waals surface area contributed by atoms with Gasteiger partial charge < -0.3 is 5.32 Å². The van der Waals surface area contributed by atoms with Crippen molar-refractivity contribution < 1.29 is 0 Å². The number of hydrogen-bond donors (Lipinski definition) is 1. The number of pyridine rings is 2. The Bertz CT molecular complexity index is 1050. The van der Waals surface area contributed by atoms with E-state index in [9.17, 15) is 0 Å². The molecule has 0 spiro atoms. The van der Waals surface area contributed by atoms with E-state index in [0.717, 1.165) is 53.5 Å². The van der Waals surface area contributed by atoms with Gasteiger partial charge in [0.15, 0.2) is 0 Å². The molecule has 0 saturated carbocycles. The summed E-state index contributed by atoms with van der Waals surface area (Å²) in [4.78, 5) is 11.1. The Morgan fingerprint density at radius 1 is 1.21 bits per heavy atom. The van der Waals surface area contributed by atoms with Crippen LogP contribution >= 0.6 is 11.3 Å².